The Morgan fingerprint density at radius 3 is 2.95 bits per heavy atom. The largest absolute Gasteiger partial charge is 0.376 e. The van der Waals surface area contributed by atoms with Crippen LogP contribution in [0.15, 0.2) is 24.4 Å². The van der Waals surface area contributed by atoms with E-state index < -0.39 is 5.54 Å². The van der Waals surface area contributed by atoms with Gasteiger partial charge in [-0.1, -0.05) is 6.07 Å². The summed E-state index contributed by atoms with van der Waals surface area (Å²) in [4.78, 5) is 30.3. The van der Waals surface area contributed by atoms with Crippen LogP contribution in [-0.4, -0.2) is 41.1 Å². The van der Waals surface area contributed by atoms with Gasteiger partial charge in [0.15, 0.2) is 5.54 Å². The van der Waals surface area contributed by atoms with E-state index in [1.807, 2.05) is 0 Å². The third-order valence-electron chi connectivity index (χ3n) is 4.11. The van der Waals surface area contributed by atoms with Gasteiger partial charge in [-0.05, 0) is 38.3 Å². The van der Waals surface area contributed by atoms with Crippen LogP contribution in [0.1, 0.15) is 31.9 Å². The van der Waals surface area contributed by atoms with Crippen LogP contribution in [0.3, 0.4) is 0 Å². The smallest absolute Gasteiger partial charge is 0.325 e. The number of nitrogens with zero attached hydrogens (tertiary/aromatic N) is 2. The Labute approximate surface area is 123 Å². The van der Waals surface area contributed by atoms with Gasteiger partial charge >= 0.3 is 6.03 Å². The monoisotopic (exact) mass is 289 g/mol. The zero-order chi connectivity index (χ0) is 14.9. The van der Waals surface area contributed by atoms with Crippen LogP contribution in [0, 0.1) is 0 Å². The fourth-order valence-electron chi connectivity index (χ4n) is 2.85. The highest BCUT2D eigenvalue weighted by atomic mass is 16.5. The molecule has 3 heterocycles. The highest BCUT2D eigenvalue weighted by Crippen LogP contribution is 2.28. The quantitative estimate of drug-likeness (QED) is 0.854. The van der Waals surface area contributed by atoms with Gasteiger partial charge in [0.25, 0.3) is 5.91 Å². The summed E-state index contributed by atoms with van der Waals surface area (Å²) < 4.78 is 5.62. The van der Waals surface area contributed by atoms with Gasteiger partial charge in [0.2, 0.25) is 0 Å². The molecule has 1 aromatic heterocycles. The second kappa shape index (κ2) is 5.44. The Morgan fingerprint density at radius 1 is 1.43 bits per heavy atom. The number of hydrogen-bond acceptors (Lipinski definition) is 4. The zero-order valence-corrected chi connectivity index (χ0v) is 12.0. The maximum absolute atomic E-state index is 12.7. The molecule has 0 aliphatic carbocycles. The molecule has 0 bridgehead atoms. The van der Waals surface area contributed by atoms with Crippen molar-refractivity contribution in [3.63, 3.8) is 0 Å². The molecule has 0 unspecified atom stereocenters. The van der Waals surface area contributed by atoms with E-state index in [1.165, 1.54) is 4.90 Å². The summed E-state index contributed by atoms with van der Waals surface area (Å²) in [6, 6.07) is 4.96. The molecule has 3 rings (SSSR count). The van der Waals surface area contributed by atoms with Gasteiger partial charge in [0, 0.05) is 12.8 Å². The normalized spacial score (nSPS) is 29.6. The summed E-state index contributed by atoms with van der Waals surface area (Å²) in [6.45, 7) is 2.70. The number of nitrogens with one attached hydrogen (secondary N) is 1. The number of amides is 3. The van der Waals surface area contributed by atoms with E-state index in [-0.39, 0.29) is 18.0 Å². The molecule has 0 aromatic carbocycles. The predicted octanol–water partition coefficient (Wildman–Crippen LogP) is 1.42. The van der Waals surface area contributed by atoms with Crippen molar-refractivity contribution in [3.05, 3.63) is 30.1 Å². The number of rotatable bonds is 3. The first kappa shape index (κ1) is 14.0. The van der Waals surface area contributed by atoms with E-state index in [1.54, 1.807) is 31.3 Å². The summed E-state index contributed by atoms with van der Waals surface area (Å²) >= 11 is 0. The van der Waals surface area contributed by atoms with Gasteiger partial charge in [0.1, 0.15) is 0 Å². The second-order valence-corrected chi connectivity index (χ2v) is 5.67. The maximum atomic E-state index is 12.7. The first-order valence-electron chi connectivity index (χ1n) is 7.28. The number of hydrogen-bond donors (Lipinski definition) is 1. The van der Waals surface area contributed by atoms with Crippen LogP contribution >= 0.6 is 0 Å². The van der Waals surface area contributed by atoms with E-state index in [4.69, 9.17) is 4.74 Å². The number of carbonyl (C=O) groups excluding carboxylic acids is 2. The fourth-order valence-corrected chi connectivity index (χ4v) is 2.85. The first-order chi connectivity index (χ1) is 10.1. The SMILES string of the molecule is C[C@]1(c2ccccn2)NC(=O)N(C[C@H]2CCCCO2)C1=O. The number of aromatic nitrogens is 1. The Kier molecular flexibility index (Phi) is 3.63. The van der Waals surface area contributed by atoms with E-state index in [0.29, 0.717) is 18.8 Å². The third kappa shape index (κ3) is 2.51. The summed E-state index contributed by atoms with van der Waals surface area (Å²) in [6.07, 6.45) is 4.57. The number of urea groups is 1. The van der Waals surface area contributed by atoms with E-state index in [9.17, 15) is 9.59 Å². The molecular formula is C15H19N3O3. The van der Waals surface area contributed by atoms with Gasteiger partial charge in [0.05, 0.1) is 18.3 Å². The van der Waals surface area contributed by atoms with Gasteiger partial charge < -0.3 is 10.1 Å². The highest BCUT2D eigenvalue weighted by molar-refractivity contribution is 6.07. The second-order valence-electron chi connectivity index (χ2n) is 5.67. The van der Waals surface area contributed by atoms with Crippen LogP contribution in [0.4, 0.5) is 4.79 Å². The average Bonchev–Trinajstić information content (AvgIpc) is 2.74. The molecule has 2 aliphatic rings. The topological polar surface area (TPSA) is 71.5 Å². The molecule has 6 nitrogen and oxygen atoms in total. The highest BCUT2D eigenvalue weighted by Gasteiger charge is 2.50. The fraction of sp³-hybridized carbons (Fsp3) is 0.533. The summed E-state index contributed by atoms with van der Waals surface area (Å²) in [5.41, 5.74) is -0.539. The van der Waals surface area contributed by atoms with Gasteiger partial charge in [-0.15, -0.1) is 0 Å². The van der Waals surface area contributed by atoms with Gasteiger partial charge in [-0.25, -0.2) is 4.79 Å². The van der Waals surface area contributed by atoms with Gasteiger partial charge in [-0.2, -0.15) is 0 Å². The molecule has 6 heteroatoms. The van der Waals surface area contributed by atoms with Crippen LogP contribution in [0.2, 0.25) is 0 Å². The van der Waals surface area contributed by atoms with Crippen LogP contribution in [0.5, 0.6) is 0 Å². The van der Waals surface area contributed by atoms with Gasteiger partial charge in [-0.3, -0.25) is 14.7 Å². The van der Waals surface area contributed by atoms with Crippen LogP contribution in [-0.2, 0) is 15.1 Å². The van der Waals surface area contributed by atoms with Crippen molar-refractivity contribution < 1.29 is 14.3 Å². The van der Waals surface area contributed by atoms with E-state index in [2.05, 4.69) is 10.3 Å². The van der Waals surface area contributed by atoms with E-state index in [0.717, 1.165) is 19.3 Å². The number of ether oxygens (including phenoxy) is 1. The molecule has 2 aliphatic heterocycles. The molecular weight excluding hydrogens is 270 g/mol. The van der Waals surface area contributed by atoms with Crippen molar-refractivity contribution in [2.45, 2.75) is 37.8 Å². The van der Waals surface area contributed by atoms with E-state index >= 15 is 0 Å². The Hall–Kier alpha value is -1.95. The van der Waals surface area contributed by atoms with Crippen molar-refractivity contribution in [2.24, 2.45) is 0 Å². The predicted molar refractivity (Wildman–Crippen MR) is 75.4 cm³/mol. The molecule has 1 aromatic rings. The summed E-state index contributed by atoms with van der Waals surface area (Å²) in [5.74, 6) is -0.264. The molecule has 2 fully saturated rings. The molecule has 0 radical (unpaired) electrons. The third-order valence-corrected chi connectivity index (χ3v) is 4.11. The lowest BCUT2D eigenvalue weighted by Crippen LogP contribution is -2.43. The van der Waals surface area contributed by atoms with Crippen molar-refractivity contribution >= 4 is 11.9 Å². The van der Waals surface area contributed by atoms with Crippen molar-refractivity contribution in [3.8, 4) is 0 Å². The molecule has 1 N–H and O–H groups in total. The maximum Gasteiger partial charge on any atom is 0.325 e. The standard InChI is InChI=1S/C15H19N3O3/c1-15(12-7-2-4-8-16-12)13(19)18(14(20)17-15)10-11-6-3-5-9-21-11/h2,4,7-8,11H,3,5-6,9-10H2,1H3,(H,17,20)/t11-,15-/m1/s1. The first-order valence-corrected chi connectivity index (χ1v) is 7.28. The molecule has 0 spiro atoms. The molecule has 2 atom stereocenters. The van der Waals surface area contributed by atoms with Crippen molar-refractivity contribution in [1.82, 2.24) is 15.2 Å². The molecule has 112 valence electrons. The number of pyridine rings is 1. The molecule has 2 saturated heterocycles. The van der Waals surface area contributed by atoms with Crippen LogP contribution in [0.25, 0.3) is 0 Å². The number of carbonyl (C=O) groups is 2. The minimum absolute atomic E-state index is 0.0560. The summed E-state index contributed by atoms with van der Waals surface area (Å²) in [5, 5.41) is 2.76. The van der Waals surface area contributed by atoms with Crippen LogP contribution < -0.4 is 5.32 Å². The minimum atomic E-state index is -1.09. The summed E-state index contributed by atoms with van der Waals surface area (Å²) in [7, 11) is 0. The van der Waals surface area contributed by atoms with Crippen molar-refractivity contribution in [1.29, 1.82) is 0 Å². The lowest BCUT2D eigenvalue weighted by Gasteiger charge is -2.26. The lowest BCUT2D eigenvalue weighted by molar-refractivity contribution is -0.133. The van der Waals surface area contributed by atoms with Crippen molar-refractivity contribution in [2.75, 3.05) is 13.2 Å². The Morgan fingerprint density at radius 2 is 2.29 bits per heavy atom. The number of imide groups is 1. The molecule has 21 heavy (non-hydrogen) atoms. The Balaban J connectivity index is 1.78. The average molecular weight is 289 g/mol. The zero-order valence-electron chi connectivity index (χ0n) is 12.0. The minimum Gasteiger partial charge on any atom is -0.376 e. The molecule has 3 amide bonds. The lowest BCUT2D eigenvalue weighted by atomic mass is 9.97. The Bertz CT molecular complexity index is 542. The molecule has 0 saturated carbocycles.